The van der Waals surface area contributed by atoms with Crippen molar-refractivity contribution in [3.8, 4) is 0 Å². The number of carbonyl (C=O) groups is 1. The minimum absolute atomic E-state index is 0.166. The number of nitrogens with one attached hydrogen (secondary N) is 1. The van der Waals surface area contributed by atoms with Crippen molar-refractivity contribution in [2.24, 2.45) is 0 Å². The van der Waals surface area contributed by atoms with E-state index in [1.54, 1.807) is 6.92 Å². The van der Waals surface area contributed by atoms with Crippen LogP contribution in [0.2, 0.25) is 0 Å². The van der Waals surface area contributed by atoms with Gasteiger partial charge in [-0.05, 0) is 42.0 Å². The van der Waals surface area contributed by atoms with Gasteiger partial charge in [-0.15, -0.1) is 27.8 Å². The first-order valence-electron chi connectivity index (χ1n) is 6.52. The summed E-state index contributed by atoms with van der Waals surface area (Å²) in [6, 6.07) is 7.66. The summed E-state index contributed by atoms with van der Waals surface area (Å²) in [5, 5.41) is 18.9. The highest BCUT2D eigenvalue weighted by Crippen LogP contribution is 2.30. The molecule has 114 valence electrons. The number of aliphatic hydroxyl groups is 1. The van der Waals surface area contributed by atoms with Gasteiger partial charge < -0.3 is 10.4 Å². The summed E-state index contributed by atoms with van der Waals surface area (Å²) in [6.07, 6.45) is -0.595. The Morgan fingerprint density at radius 2 is 2.23 bits per heavy atom. The second kappa shape index (κ2) is 6.66. The largest absolute Gasteiger partial charge is 0.382 e. The van der Waals surface area contributed by atoms with Crippen LogP contribution in [0.4, 0.5) is 0 Å². The van der Waals surface area contributed by atoms with Gasteiger partial charge in [-0.2, -0.15) is 0 Å². The first-order chi connectivity index (χ1) is 10.6. The molecule has 1 unspecified atom stereocenters. The number of nitrogens with zero attached hydrogens (tertiary/aromatic N) is 2. The number of thiophene rings is 2. The van der Waals surface area contributed by atoms with Crippen molar-refractivity contribution < 1.29 is 9.90 Å². The van der Waals surface area contributed by atoms with Crippen molar-refractivity contribution in [1.82, 2.24) is 14.9 Å². The smallest absolute Gasteiger partial charge is 0.265 e. The standard InChI is InChI=1S/C14H13N3O2S3/c1-8-13(22-17-16-8)14(19)15-7-9-4-5-11(21-9)12(18)10-3-2-6-20-10/h2-6,12,18H,7H2,1H3,(H,15,19). The lowest BCUT2D eigenvalue weighted by Crippen LogP contribution is -2.22. The maximum atomic E-state index is 12.0. The third-order valence-electron chi connectivity index (χ3n) is 3.05. The molecule has 5 nitrogen and oxygen atoms in total. The number of aryl methyl sites for hydroxylation is 1. The zero-order valence-electron chi connectivity index (χ0n) is 11.6. The predicted molar refractivity (Wildman–Crippen MR) is 88.5 cm³/mol. The molecule has 0 aliphatic heterocycles. The van der Waals surface area contributed by atoms with Gasteiger partial charge in [-0.25, -0.2) is 0 Å². The van der Waals surface area contributed by atoms with Crippen LogP contribution in [-0.4, -0.2) is 20.6 Å². The van der Waals surface area contributed by atoms with Gasteiger partial charge in [-0.1, -0.05) is 10.6 Å². The van der Waals surface area contributed by atoms with E-state index in [-0.39, 0.29) is 5.91 Å². The van der Waals surface area contributed by atoms with Gasteiger partial charge in [0.1, 0.15) is 11.0 Å². The van der Waals surface area contributed by atoms with Crippen LogP contribution in [0, 0.1) is 6.92 Å². The summed E-state index contributed by atoms with van der Waals surface area (Å²) in [7, 11) is 0. The molecule has 3 aromatic rings. The van der Waals surface area contributed by atoms with Crippen molar-refractivity contribution in [3.05, 3.63) is 54.8 Å². The Morgan fingerprint density at radius 1 is 1.36 bits per heavy atom. The zero-order valence-corrected chi connectivity index (χ0v) is 14.1. The van der Waals surface area contributed by atoms with E-state index < -0.39 is 6.10 Å². The number of amides is 1. The van der Waals surface area contributed by atoms with Gasteiger partial charge in [0, 0.05) is 14.6 Å². The predicted octanol–water partition coefficient (Wildman–Crippen LogP) is 2.98. The average Bonchev–Trinajstić information content (AvgIpc) is 3.25. The molecule has 1 atom stereocenters. The topological polar surface area (TPSA) is 75.1 Å². The van der Waals surface area contributed by atoms with Gasteiger partial charge in [-0.3, -0.25) is 4.79 Å². The van der Waals surface area contributed by atoms with E-state index in [4.69, 9.17) is 0 Å². The van der Waals surface area contributed by atoms with Crippen LogP contribution in [0.1, 0.15) is 36.1 Å². The van der Waals surface area contributed by atoms with Crippen molar-refractivity contribution >= 4 is 40.1 Å². The Morgan fingerprint density at radius 3 is 2.91 bits per heavy atom. The highest BCUT2D eigenvalue weighted by atomic mass is 32.1. The highest BCUT2D eigenvalue weighted by Gasteiger charge is 2.16. The molecule has 0 fully saturated rings. The number of hydrogen-bond acceptors (Lipinski definition) is 7. The Kier molecular flexibility index (Phi) is 4.63. The fourth-order valence-electron chi connectivity index (χ4n) is 1.91. The fourth-order valence-corrected chi connectivity index (χ4v) is 4.24. The molecule has 0 bridgehead atoms. The molecule has 8 heteroatoms. The molecular formula is C14H13N3O2S3. The Balaban J connectivity index is 1.63. The van der Waals surface area contributed by atoms with E-state index in [0.29, 0.717) is 17.1 Å². The molecular weight excluding hydrogens is 338 g/mol. The molecule has 3 rings (SSSR count). The maximum absolute atomic E-state index is 12.0. The Hall–Kier alpha value is -1.61. The molecule has 0 radical (unpaired) electrons. The summed E-state index contributed by atoms with van der Waals surface area (Å²) < 4.78 is 3.76. The number of carbonyl (C=O) groups excluding carboxylic acids is 1. The van der Waals surface area contributed by atoms with Crippen molar-refractivity contribution in [1.29, 1.82) is 0 Å². The van der Waals surface area contributed by atoms with Gasteiger partial charge in [0.05, 0.1) is 12.2 Å². The lowest BCUT2D eigenvalue weighted by molar-refractivity contribution is 0.0954. The van der Waals surface area contributed by atoms with Crippen LogP contribution >= 0.6 is 34.2 Å². The van der Waals surface area contributed by atoms with E-state index >= 15 is 0 Å². The van der Waals surface area contributed by atoms with Gasteiger partial charge >= 0.3 is 0 Å². The summed E-state index contributed by atoms with van der Waals surface area (Å²) in [5.74, 6) is -0.166. The maximum Gasteiger partial charge on any atom is 0.265 e. The molecule has 0 saturated carbocycles. The van der Waals surface area contributed by atoms with Crippen LogP contribution in [0.3, 0.4) is 0 Å². The van der Waals surface area contributed by atoms with Gasteiger partial charge in [0.15, 0.2) is 0 Å². The van der Waals surface area contributed by atoms with Crippen LogP contribution in [0.5, 0.6) is 0 Å². The molecule has 1 amide bonds. The van der Waals surface area contributed by atoms with Crippen molar-refractivity contribution in [3.63, 3.8) is 0 Å². The zero-order chi connectivity index (χ0) is 15.5. The van der Waals surface area contributed by atoms with Crippen molar-refractivity contribution in [2.45, 2.75) is 19.6 Å². The molecule has 0 saturated heterocycles. The van der Waals surface area contributed by atoms with E-state index in [9.17, 15) is 9.90 Å². The second-order valence-corrected chi connectivity index (χ2v) is 7.53. The van der Waals surface area contributed by atoms with Gasteiger partial charge in [0.25, 0.3) is 5.91 Å². The van der Waals surface area contributed by atoms with E-state index in [1.165, 1.54) is 22.7 Å². The minimum atomic E-state index is -0.595. The average molecular weight is 351 g/mol. The number of hydrogen-bond donors (Lipinski definition) is 2. The first-order valence-corrected chi connectivity index (χ1v) is 8.99. The molecule has 0 aromatic carbocycles. The lowest BCUT2D eigenvalue weighted by atomic mass is 10.2. The Labute approximate surface area is 139 Å². The third-order valence-corrected chi connectivity index (χ3v) is 5.93. The minimum Gasteiger partial charge on any atom is -0.382 e. The number of aliphatic hydroxyl groups excluding tert-OH is 1. The van der Waals surface area contributed by atoms with Crippen LogP contribution in [-0.2, 0) is 6.54 Å². The van der Waals surface area contributed by atoms with E-state index in [1.807, 2.05) is 29.6 Å². The summed E-state index contributed by atoms with van der Waals surface area (Å²) in [4.78, 5) is 15.3. The monoisotopic (exact) mass is 351 g/mol. The normalized spacial score (nSPS) is 12.3. The number of aromatic nitrogens is 2. The lowest BCUT2D eigenvalue weighted by Gasteiger charge is -2.05. The second-order valence-electron chi connectivity index (χ2n) is 4.59. The van der Waals surface area contributed by atoms with E-state index in [0.717, 1.165) is 26.2 Å². The van der Waals surface area contributed by atoms with Crippen molar-refractivity contribution in [2.75, 3.05) is 0 Å². The third kappa shape index (κ3) is 3.25. The quantitative estimate of drug-likeness (QED) is 0.741. The fraction of sp³-hybridized carbons (Fsp3) is 0.214. The molecule has 3 heterocycles. The first kappa shape index (κ1) is 15.3. The summed E-state index contributed by atoms with van der Waals surface area (Å²) in [6.45, 7) is 2.19. The number of rotatable bonds is 5. The molecule has 3 aromatic heterocycles. The van der Waals surface area contributed by atoms with Crippen LogP contribution in [0.25, 0.3) is 0 Å². The summed E-state index contributed by atoms with van der Waals surface area (Å²) in [5.41, 5.74) is 0.641. The summed E-state index contributed by atoms with van der Waals surface area (Å²) >= 11 is 4.12. The molecule has 0 spiro atoms. The SMILES string of the molecule is Cc1nnsc1C(=O)NCc1ccc(C(O)c2cccs2)s1. The van der Waals surface area contributed by atoms with Gasteiger partial charge in [0.2, 0.25) is 0 Å². The van der Waals surface area contributed by atoms with Crippen LogP contribution in [0.15, 0.2) is 29.6 Å². The van der Waals surface area contributed by atoms with E-state index in [2.05, 4.69) is 14.9 Å². The highest BCUT2D eigenvalue weighted by molar-refractivity contribution is 7.13. The molecule has 0 aliphatic rings. The molecule has 2 N–H and O–H groups in total. The molecule has 22 heavy (non-hydrogen) atoms. The Bertz CT molecular complexity index is 764. The van der Waals surface area contributed by atoms with Crippen LogP contribution < -0.4 is 5.32 Å². The molecule has 0 aliphatic carbocycles.